The van der Waals surface area contributed by atoms with Crippen LogP contribution in [-0.4, -0.2) is 4.98 Å². The Morgan fingerprint density at radius 2 is 2.00 bits per heavy atom. The van der Waals surface area contributed by atoms with Crippen LogP contribution in [0.25, 0.3) is 10.9 Å². The molecular formula is C8H6INZn. The van der Waals surface area contributed by atoms with Gasteiger partial charge < -0.3 is 4.98 Å². The molecule has 0 atom stereocenters. The quantitative estimate of drug-likeness (QED) is 0.438. The maximum Gasteiger partial charge on any atom is -0.0662 e. The molecule has 1 aromatic carbocycles. The summed E-state index contributed by atoms with van der Waals surface area (Å²) in [5, 5.41) is 1.15. The minimum Gasteiger partial charge on any atom is -0.424 e. The van der Waals surface area contributed by atoms with E-state index in [2.05, 4.69) is 30.8 Å². The van der Waals surface area contributed by atoms with E-state index in [1.807, 2.05) is 30.5 Å². The van der Waals surface area contributed by atoms with Crippen LogP contribution < -0.4 is 0 Å². The molecule has 2 rings (SSSR count). The summed E-state index contributed by atoms with van der Waals surface area (Å²) in [7, 11) is 0. The van der Waals surface area contributed by atoms with Crippen molar-refractivity contribution in [1.82, 2.24) is 4.98 Å². The van der Waals surface area contributed by atoms with E-state index in [-0.39, 0.29) is 0 Å². The summed E-state index contributed by atoms with van der Waals surface area (Å²) in [6, 6.07) is 11.1. The van der Waals surface area contributed by atoms with Gasteiger partial charge in [0.15, 0.2) is 0 Å². The van der Waals surface area contributed by atoms with E-state index in [0.717, 1.165) is 10.9 Å². The molecule has 0 amide bonds. The maximum absolute atomic E-state index is 3.06. The monoisotopic (exact) mass is 307 g/mol. The normalized spacial score (nSPS) is 9.00. The average Bonchev–Trinajstić information content (AvgIpc) is 2.55. The molecule has 11 heavy (non-hydrogen) atoms. The fourth-order valence-electron chi connectivity index (χ4n) is 0.926. The van der Waals surface area contributed by atoms with Gasteiger partial charge in [0.25, 0.3) is 0 Å². The van der Waals surface area contributed by atoms with Crippen molar-refractivity contribution in [1.29, 1.82) is 0 Å². The van der Waals surface area contributed by atoms with Gasteiger partial charge in [-0.2, -0.15) is 17.5 Å². The Bertz CT molecular complexity index is 288. The van der Waals surface area contributed by atoms with Gasteiger partial charge in [-0.15, -0.1) is 6.07 Å². The Hall–Kier alpha value is 0.113. The largest absolute Gasteiger partial charge is 0.424 e. The van der Waals surface area contributed by atoms with Crippen LogP contribution in [0.5, 0.6) is 0 Å². The van der Waals surface area contributed by atoms with Crippen molar-refractivity contribution in [3.05, 3.63) is 36.5 Å². The fraction of sp³-hybridized carbons (Fsp3) is 0. The molecule has 1 aromatic heterocycles. The van der Waals surface area contributed by atoms with E-state index in [4.69, 9.17) is 0 Å². The van der Waals surface area contributed by atoms with Crippen LogP contribution in [0.1, 0.15) is 0 Å². The Morgan fingerprint density at radius 1 is 1.27 bits per heavy atom. The number of hydrogen-bond acceptors (Lipinski definition) is 0. The second-order valence-corrected chi connectivity index (χ2v) is 1.98. The van der Waals surface area contributed by atoms with Gasteiger partial charge in [0, 0.05) is 0 Å². The summed E-state index contributed by atoms with van der Waals surface area (Å²) < 4.78 is 0. The third-order valence-electron chi connectivity index (χ3n) is 1.38. The first kappa shape index (κ1) is 9.20. The second-order valence-electron chi connectivity index (χ2n) is 1.98. The van der Waals surface area contributed by atoms with E-state index in [1.54, 1.807) is 0 Å². The molecule has 0 bridgehead atoms. The van der Waals surface area contributed by atoms with Crippen LogP contribution in [0.3, 0.4) is 0 Å². The molecular weight excluding hydrogens is 302 g/mol. The second kappa shape index (κ2) is 4.88. The van der Waals surface area contributed by atoms with Crippen LogP contribution >= 0.6 is 19.8 Å². The van der Waals surface area contributed by atoms with Crippen molar-refractivity contribution in [3.8, 4) is 0 Å². The summed E-state index contributed by atoms with van der Waals surface area (Å²) in [6.07, 6.45) is 1.82. The Labute approximate surface area is 86.4 Å². The number of H-pyrrole nitrogens is 1. The van der Waals surface area contributed by atoms with Crippen molar-refractivity contribution < 1.29 is 14.8 Å². The Balaban J connectivity index is 0.000000281. The smallest absolute Gasteiger partial charge is 0.0662 e. The first-order chi connectivity index (χ1) is 5.47. The van der Waals surface area contributed by atoms with E-state index in [9.17, 15) is 0 Å². The molecule has 2 aromatic rings. The number of aromatic amines is 1. The molecule has 1 heterocycles. The Morgan fingerprint density at radius 3 is 2.73 bits per heavy atom. The number of hydrogen-bond donors (Lipinski definition) is 1. The summed E-state index contributed by atoms with van der Waals surface area (Å²) >= 11 is 3.62. The molecule has 52 valence electrons. The van der Waals surface area contributed by atoms with Crippen LogP contribution in [0.4, 0.5) is 0 Å². The zero-order valence-corrected chi connectivity index (χ0v) is 11.1. The van der Waals surface area contributed by atoms with Crippen molar-refractivity contribution in [2.45, 2.75) is 0 Å². The first-order valence-corrected chi connectivity index (χ1v) is 12.2. The molecule has 0 aliphatic rings. The van der Waals surface area contributed by atoms with Gasteiger partial charge in [-0.05, 0) is 0 Å². The van der Waals surface area contributed by atoms with Crippen LogP contribution in [0.15, 0.2) is 30.5 Å². The molecule has 0 aliphatic carbocycles. The van der Waals surface area contributed by atoms with Crippen LogP contribution in [0, 0.1) is 6.07 Å². The van der Waals surface area contributed by atoms with Gasteiger partial charge in [-0.3, -0.25) is 0 Å². The third kappa shape index (κ3) is 2.27. The van der Waals surface area contributed by atoms with E-state index in [1.165, 1.54) is 14.8 Å². The SMILES string of the molecule is [Zn+][I].[c-]1c[nH]c2ccccc12. The molecule has 1 N–H and O–H groups in total. The van der Waals surface area contributed by atoms with Gasteiger partial charge >= 0.3 is 34.5 Å². The van der Waals surface area contributed by atoms with Crippen molar-refractivity contribution in [2.24, 2.45) is 0 Å². The van der Waals surface area contributed by atoms with Gasteiger partial charge in [0.2, 0.25) is 0 Å². The predicted molar refractivity (Wildman–Crippen MR) is 51.2 cm³/mol. The number of rotatable bonds is 0. The summed E-state index contributed by atoms with van der Waals surface area (Å²) in [5.41, 5.74) is 1.15. The number of nitrogens with one attached hydrogen (secondary N) is 1. The number of benzene rings is 1. The molecule has 0 unspecified atom stereocenters. The number of halogens is 1. The Kier molecular flexibility index (Phi) is 4.09. The van der Waals surface area contributed by atoms with Gasteiger partial charge in [-0.1, -0.05) is 23.8 Å². The maximum atomic E-state index is 3.06. The summed E-state index contributed by atoms with van der Waals surface area (Å²) in [6.45, 7) is 0. The van der Waals surface area contributed by atoms with E-state index in [0.29, 0.717) is 0 Å². The molecule has 0 aliphatic heterocycles. The molecule has 0 radical (unpaired) electrons. The minimum atomic E-state index is 1.15. The molecule has 3 heteroatoms. The average molecular weight is 308 g/mol. The fourth-order valence-corrected chi connectivity index (χ4v) is 0.926. The molecule has 0 spiro atoms. The van der Waals surface area contributed by atoms with Crippen molar-refractivity contribution >= 4 is 30.7 Å². The number of para-hydroxylation sites is 1. The zero-order chi connectivity index (χ0) is 8.10. The van der Waals surface area contributed by atoms with Crippen LogP contribution in [0.2, 0.25) is 0 Å². The summed E-state index contributed by atoms with van der Waals surface area (Å²) in [4.78, 5) is 3.06. The van der Waals surface area contributed by atoms with Crippen LogP contribution in [-0.2, 0) is 14.8 Å². The molecule has 0 fully saturated rings. The third-order valence-corrected chi connectivity index (χ3v) is 1.38. The predicted octanol–water partition coefficient (Wildman–Crippen LogP) is 2.85. The summed E-state index contributed by atoms with van der Waals surface area (Å²) in [5.74, 6) is 0. The van der Waals surface area contributed by atoms with Gasteiger partial charge in [0.1, 0.15) is 0 Å². The van der Waals surface area contributed by atoms with Crippen molar-refractivity contribution in [2.75, 3.05) is 0 Å². The standard InChI is InChI=1S/C8H6N.HI.Zn/c1-2-4-8-7(3-1)5-6-9-8;;/h1-4,6,9H;1H;/q-1;;+2/p-1. The topological polar surface area (TPSA) is 15.8 Å². The van der Waals surface area contributed by atoms with Gasteiger partial charge in [-0.25, -0.2) is 0 Å². The van der Waals surface area contributed by atoms with Crippen molar-refractivity contribution in [3.63, 3.8) is 0 Å². The zero-order valence-electron chi connectivity index (χ0n) is 5.97. The number of aromatic nitrogens is 1. The van der Waals surface area contributed by atoms with E-state index < -0.39 is 0 Å². The first-order valence-electron chi connectivity index (χ1n) is 3.17. The molecule has 0 saturated heterocycles. The van der Waals surface area contributed by atoms with E-state index >= 15 is 0 Å². The minimum absolute atomic E-state index is 1.15. The number of fused-ring (bicyclic) bond motifs is 1. The molecule has 1 nitrogen and oxygen atoms in total. The van der Waals surface area contributed by atoms with Gasteiger partial charge in [0.05, 0.1) is 0 Å². The molecule has 0 saturated carbocycles.